The van der Waals surface area contributed by atoms with Crippen LogP contribution in [0.25, 0.3) is 16.7 Å². The number of ether oxygens (including phenoxy) is 1. The molecule has 1 amide bonds. The van der Waals surface area contributed by atoms with Crippen LogP contribution in [-0.2, 0) is 4.79 Å². The normalized spacial score (nSPS) is 11.9. The zero-order valence-corrected chi connectivity index (χ0v) is 21.5. The number of aromatic nitrogens is 3. The molecule has 3 N–H and O–H groups in total. The van der Waals surface area contributed by atoms with E-state index >= 15 is 0 Å². The third-order valence-corrected chi connectivity index (χ3v) is 6.12. The highest BCUT2D eigenvalue weighted by Gasteiger charge is 2.16. The number of halogens is 2. The highest BCUT2D eigenvalue weighted by molar-refractivity contribution is 6.02. The zero-order valence-electron chi connectivity index (χ0n) is 21.5. The predicted molar refractivity (Wildman–Crippen MR) is 146 cm³/mol. The Bertz CT molecular complexity index is 1490. The van der Waals surface area contributed by atoms with Gasteiger partial charge in [0, 0.05) is 42.5 Å². The fourth-order valence-electron chi connectivity index (χ4n) is 3.71. The third kappa shape index (κ3) is 5.73. The van der Waals surface area contributed by atoms with Crippen molar-refractivity contribution in [1.29, 1.82) is 0 Å². The smallest absolute Gasteiger partial charge is 0.247 e. The summed E-state index contributed by atoms with van der Waals surface area (Å²) in [5, 5.41) is 9.83. The lowest BCUT2D eigenvalue weighted by molar-refractivity contribution is -0.111. The molecule has 0 saturated heterocycles. The van der Waals surface area contributed by atoms with Crippen molar-refractivity contribution in [1.82, 2.24) is 19.4 Å². The number of amides is 1. The number of fused-ring (bicyclic) bond motifs is 1. The van der Waals surface area contributed by atoms with E-state index in [1.807, 2.05) is 14.1 Å². The van der Waals surface area contributed by atoms with E-state index in [1.165, 1.54) is 13.2 Å². The Morgan fingerprint density at radius 2 is 1.92 bits per heavy atom. The maximum Gasteiger partial charge on any atom is 0.247 e. The summed E-state index contributed by atoms with van der Waals surface area (Å²) in [5.41, 5.74) is 2.14. The molecule has 0 spiro atoms. The molecule has 9 nitrogen and oxygen atoms in total. The number of anilines is 4. The van der Waals surface area contributed by atoms with Gasteiger partial charge in [0.1, 0.15) is 11.6 Å². The Labute approximate surface area is 219 Å². The highest BCUT2D eigenvalue weighted by Crippen LogP contribution is 2.36. The van der Waals surface area contributed by atoms with Gasteiger partial charge in [-0.1, -0.05) is 6.58 Å². The summed E-state index contributed by atoms with van der Waals surface area (Å²) in [7, 11) is 5.51. The van der Waals surface area contributed by atoms with Crippen LogP contribution >= 0.6 is 0 Å². The lowest BCUT2D eigenvalue weighted by Gasteiger charge is -2.23. The van der Waals surface area contributed by atoms with Crippen molar-refractivity contribution >= 4 is 39.8 Å². The number of likely N-dealkylation sites (N-methyl/N-ethyl adjacent to an activating group) is 1. The van der Waals surface area contributed by atoms with Crippen molar-refractivity contribution < 1.29 is 18.3 Å². The average Bonchev–Trinajstić information content (AvgIpc) is 3.30. The zero-order chi connectivity index (χ0) is 27.4. The second-order valence-corrected chi connectivity index (χ2v) is 8.86. The van der Waals surface area contributed by atoms with Crippen LogP contribution in [0, 0.1) is 11.6 Å². The molecular weight excluding hydrogens is 492 g/mol. The maximum atomic E-state index is 13.9. The fourth-order valence-corrected chi connectivity index (χ4v) is 3.71. The van der Waals surface area contributed by atoms with Crippen molar-refractivity contribution in [2.45, 2.75) is 13.0 Å². The van der Waals surface area contributed by atoms with Gasteiger partial charge in [0.2, 0.25) is 11.9 Å². The van der Waals surface area contributed by atoms with Crippen LogP contribution in [0.2, 0.25) is 0 Å². The fraction of sp³-hybridized carbons (Fsp3) is 0.222. The Morgan fingerprint density at radius 1 is 1.16 bits per heavy atom. The van der Waals surface area contributed by atoms with Crippen molar-refractivity contribution in [3.8, 4) is 11.6 Å². The van der Waals surface area contributed by atoms with Crippen molar-refractivity contribution in [2.24, 2.45) is 0 Å². The number of rotatable bonds is 10. The van der Waals surface area contributed by atoms with Crippen LogP contribution in [0.4, 0.5) is 31.8 Å². The number of hydrogen-bond acceptors (Lipinski definition) is 7. The van der Waals surface area contributed by atoms with E-state index in [4.69, 9.17) is 4.74 Å². The number of methoxy groups -OCH3 is 1. The molecule has 0 saturated carbocycles. The number of nitrogens with one attached hydrogen (secondary N) is 3. The van der Waals surface area contributed by atoms with Crippen LogP contribution in [0.15, 0.2) is 61.4 Å². The molecule has 2 aromatic heterocycles. The first-order valence-electron chi connectivity index (χ1n) is 11.8. The van der Waals surface area contributed by atoms with Crippen molar-refractivity contribution in [2.75, 3.05) is 43.7 Å². The quantitative estimate of drug-likeness (QED) is 0.255. The van der Waals surface area contributed by atoms with Crippen LogP contribution in [0.3, 0.4) is 0 Å². The number of benzene rings is 2. The largest absolute Gasteiger partial charge is 0.494 e. The number of carbonyl (C=O) groups is 1. The van der Waals surface area contributed by atoms with E-state index in [1.54, 1.807) is 41.2 Å². The standard InChI is InChI=1S/C27H29F2N7O2/c1-6-26(37)32-21-13-22(24(38-5)14-20(21)31-15-16(2)35(3)4)33-27-30-9-7-25(34-27)36-10-8-17-11-18(28)19(29)12-23(17)36/h6-14,16,31H,1,15H2,2-5H3,(H,32,37)(H,30,33,34). The second-order valence-electron chi connectivity index (χ2n) is 8.86. The van der Waals surface area contributed by atoms with Crippen LogP contribution < -0.4 is 20.7 Å². The van der Waals surface area contributed by atoms with Gasteiger partial charge in [0.05, 0.1) is 29.7 Å². The summed E-state index contributed by atoms with van der Waals surface area (Å²) in [6.45, 7) is 6.23. The first-order chi connectivity index (χ1) is 18.2. The predicted octanol–water partition coefficient (Wildman–Crippen LogP) is 4.94. The summed E-state index contributed by atoms with van der Waals surface area (Å²) in [6.07, 6.45) is 4.41. The molecule has 4 aromatic rings. The summed E-state index contributed by atoms with van der Waals surface area (Å²) in [4.78, 5) is 23.0. The summed E-state index contributed by atoms with van der Waals surface area (Å²) in [6, 6.07) is 9.30. The van der Waals surface area contributed by atoms with Crippen LogP contribution in [0.1, 0.15) is 6.92 Å². The van der Waals surface area contributed by atoms with E-state index in [-0.39, 0.29) is 17.9 Å². The first-order valence-corrected chi connectivity index (χ1v) is 11.8. The lowest BCUT2D eigenvalue weighted by atomic mass is 10.2. The maximum absolute atomic E-state index is 13.9. The molecule has 0 aliphatic carbocycles. The van der Waals surface area contributed by atoms with E-state index in [2.05, 4.69) is 44.3 Å². The molecule has 0 fully saturated rings. The molecular formula is C27H29F2N7O2. The van der Waals surface area contributed by atoms with Gasteiger partial charge < -0.3 is 30.2 Å². The molecule has 0 bridgehead atoms. The molecule has 2 heterocycles. The number of nitrogens with zero attached hydrogens (tertiary/aromatic N) is 4. The highest BCUT2D eigenvalue weighted by atomic mass is 19.2. The van der Waals surface area contributed by atoms with Gasteiger partial charge in [-0.3, -0.25) is 4.79 Å². The minimum Gasteiger partial charge on any atom is -0.494 e. The lowest BCUT2D eigenvalue weighted by Crippen LogP contribution is -2.31. The average molecular weight is 522 g/mol. The molecule has 1 unspecified atom stereocenters. The van der Waals surface area contributed by atoms with E-state index in [0.29, 0.717) is 46.1 Å². The van der Waals surface area contributed by atoms with Crippen molar-refractivity contribution in [3.63, 3.8) is 0 Å². The Hall–Kier alpha value is -4.51. The Balaban J connectivity index is 1.68. The van der Waals surface area contributed by atoms with Gasteiger partial charge in [-0.25, -0.2) is 13.8 Å². The van der Waals surface area contributed by atoms with Gasteiger partial charge in [-0.2, -0.15) is 4.98 Å². The van der Waals surface area contributed by atoms with E-state index in [9.17, 15) is 13.6 Å². The molecule has 1 atom stereocenters. The minimum atomic E-state index is -0.947. The van der Waals surface area contributed by atoms with E-state index in [0.717, 1.165) is 12.1 Å². The van der Waals surface area contributed by atoms with Crippen LogP contribution in [-0.4, -0.2) is 59.1 Å². The van der Waals surface area contributed by atoms with Crippen LogP contribution in [0.5, 0.6) is 5.75 Å². The van der Waals surface area contributed by atoms with Gasteiger partial charge in [-0.05, 0) is 51.4 Å². The molecule has 0 aliphatic rings. The molecule has 0 aliphatic heterocycles. The number of hydrogen-bond donors (Lipinski definition) is 3. The topological polar surface area (TPSA) is 96.3 Å². The van der Waals surface area contributed by atoms with Gasteiger partial charge in [-0.15, -0.1) is 0 Å². The molecule has 4 rings (SSSR count). The molecule has 2 aromatic carbocycles. The summed E-state index contributed by atoms with van der Waals surface area (Å²) >= 11 is 0. The molecule has 11 heteroatoms. The van der Waals surface area contributed by atoms with Gasteiger partial charge in [0.25, 0.3) is 0 Å². The third-order valence-electron chi connectivity index (χ3n) is 6.12. The molecule has 38 heavy (non-hydrogen) atoms. The van der Waals surface area contributed by atoms with E-state index < -0.39 is 11.6 Å². The van der Waals surface area contributed by atoms with Gasteiger partial charge >= 0.3 is 0 Å². The number of carbonyl (C=O) groups excluding carboxylic acids is 1. The van der Waals surface area contributed by atoms with Gasteiger partial charge in [0.15, 0.2) is 11.6 Å². The second kappa shape index (κ2) is 11.3. The molecule has 198 valence electrons. The first kappa shape index (κ1) is 26.6. The Kier molecular flexibility index (Phi) is 7.87. The minimum absolute atomic E-state index is 0.229. The monoisotopic (exact) mass is 521 g/mol. The summed E-state index contributed by atoms with van der Waals surface area (Å²) in [5.74, 6) is -1.07. The SMILES string of the molecule is C=CC(=O)Nc1cc(Nc2nccc(-n3ccc4cc(F)c(F)cc43)n2)c(OC)cc1NCC(C)N(C)C. The van der Waals surface area contributed by atoms with Crippen molar-refractivity contribution in [3.05, 3.63) is 73.1 Å². The Morgan fingerprint density at radius 3 is 2.63 bits per heavy atom. The summed E-state index contributed by atoms with van der Waals surface area (Å²) < 4.78 is 34.8. The molecule has 0 radical (unpaired) electrons.